The molecule has 2 aromatic carbocycles. The Morgan fingerprint density at radius 1 is 1.13 bits per heavy atom. The molecule has 0 aromatic heterocycles. The van der Waals surface area contributed by atoms with Crippen molar-refractivity contribution in [2.75, 3.05) is 31.1 Å². The van der Waals surface area contributed by atoms with Crippen LogP contribution in [-0.4, -0.2) is 41.6 Å². The van der Waals surface area contributed by atoms with E-state index in [1.807, 2.05) is 29.2 Å². The summed E-state index contributed by atoms with van der Waals surface area (Å²) in [7, 11) is 0. The molecule has 0 bridgehead atoms. The SMILES string of the molecule is O=C1SC(CCN2CCC(Cc3cc(F)ccc3Br)CC2)CN1c1ccc(Cl)cc1. The van der Waals surface area contributed by atoms with E-state index in [0.29, 0.717) is 16.2 Å². The van der Waals surface area contributed by atoms with Gasteiger partial charge in [0.05, 0.1) is 0 Å². The average molecular weight is 512 g/mol. The van der Waals surface area contributed by atoms with Crippen LogP contribution in [0.1, 0.15) is 24.8 Å². The summed E-state index contributed by atoms with van der Waals surface area (Å²) in [5.41, 5.74) is 1.99. The third-order valence-electron chi connectivity index (χ3n) is 6.00. The molecule has 2 aliphatic rings. The van der Waals surface area contributed by atoms with Crippen LogP contribution in [0.3, 0.4) is 0 Å². The molecule has 0 spiro atoms. The molecule has 2 aliphatic heterocycles. The van der Waals surface area contributed by atoms with Crippen LogP contribution in [0.25, 0.3) is 0 Å². The molecule has 30 heavy (non-hydrogen) atoms. The summed E-state index contributed by atoms with van der Waals surface area (Å²) in [5, 5.41) is 1.14. The molecule has 2 heterocycles. The molecule has 7 heteroatoms. The first kappa shape index (κ1) is 22.1. The highest BCUT2D eigenvalue weighted by atomic mass is 79.9. The molecule has 1 atom stereocenters. The summed E-state index contributed by atoms with van der Waals surface area (Å²) < 4.78 is 14.5. The van der Waals surface area contributed by atoms with Gasteiger partial charge in [0.25, 0.3) is 5.24 Å². The summed E-state index contributed by atoms with van der Waals surface area (Å²) in [6.45, 7) is 3.93. The normalized spacial score (nSPS) is 20.8. The third kappa shape index (κ3) is 5.58. The molecule has 0 N–H and O–H groups in total. The predicted octanol–water partition coefficient (Wildman–Crippen LogP) is 6.63. The number of piperidine rings is 1. The van der Waals surface area contributed by atoms with Crippen molar-refractivity contribution in [3.63, 3.8) is 0 Å². The summed E-state index contributed by atoms with van der Waals surface area (Å²) in [6, 6.07) is 12.4. The van der Waals surface area contributed by atoms with Crippen molar-refractivity contribution in [3.05, 3.63) is 63.3 Å². The minimum atomic E-state index is -0.165. The largest absolute Gasteiger partial charge is 0.303 e. The molecular formula is C23H25BrClFN2OS. The Hall–Kier alpha value is -1.08. The van der Waals surface area contributed by atoms with Crippen LogP contribution in [0.2, 0.25) is 5.02 Å². The zero-order valence-corrected chi connectivity index (χ0v) is 19.9. The molecule has 1 amide bonds. The van der Waals surface area contributed by atoms with E-state index in [0.717, 1.165) is 67.6 Å². The van der Waals surface area contributed by atoms with Crippen LogP contribution in [0.4, 0.5) is 14.9 Å². The predicted molar refractivity (Wildman–Crippen MR) is 127 cm³/mol. The van der Waals surface area contributed by atoms with Gasteiger partial charge < -0.3 is 9.80 Å². The van der Waals surface area contributed by atoms with E-state index in [1.54, 1.807) is 12.1 Å². The topological polar surface area (TPSA) is 23.6 Å². The second kappa shape index (κ2) is 10.0. The van der Waals surface area contributed by atoms with E-state index in [4.69, 9.17) is 11.6 Å². The van der Waals surface area contributed by atoms with Crippen LogP contribution in [0, 0.1) is 11.7 Å². The quantitative estimate of drug-likeness (QED) is 0.435. The Morgan fingerprint density at radius 3 is 2.60 bits per heavy atom. The molecular weight excluding hydrogens is 487 g/mol. The van der Waals surface area contributed by atoms with Gasteiger partial charge >= 0.3 is 0 Å². The molecule has 2 aromatic rings. The molecule has 3 nitrogen and oxygen atoms in total. The molecule has 0 aliphatic carbocycles. The number of carbonyl (C=O) groups excluding carboxylic acids is 1. The molecule has 2 saturated heterocycles. The van der Waals surface area contributed by atoms with E-state index < -0.39 is 0 Å². The van der Waals surface area contributed by atoms with Gasteiger partial charge in [0.2, 0.25) is 0 Å². The van der Waals surface area contributed by atoms with Crippen molar-refractivity contribution in [2.24, 2.45) is 5.92 Å². The number of anilines is 1. The lowest BCUT2D eigenvalue weighted by molar-refractivity contribution is 0.182. The summed E-state index contributed by atoms with van der Waals surface area (Å²) in [6.07, 6.45) is 4.21. The van der Waals surface area contributed by atoms with Crippen LogP contribution in [0.5, 0.6) is 0 Å². The number of likely N-dealkylation sites (tertiary alicyclic amines) is 1. The van der Waals surface area contributed by atoms with Gasteiger partial charge in [-0.25, -0.2) is 4.39 Å². The Kier molecular flexibility index (Phi) is 7.40. The smallest absolute Gasteiger partial charge is 0.286 e. The Morgan fingerprint density at radius 2 is 1.87 bits per heavy atom. The second-order valence-electron chi connectivity index (χ2n) is 8.11. The number of rotatable bonds is 6. The first-order chi connectivity index (χ1) is 14.5. The number of carbonyl (C=O) groups is 1. The third-order valence-corrected chi connectivity index (χ3v) is 8.17. The number of halogens is 3. The lowest BCUT2D eigenvalue weighted by atomic mass is 9.90. The van der Waals surface area contributed by atoms with Gasteiger partial charge in [0, 0.05) is 27.0 Å². The number of hydrogen-bond acceptors (Lipinski definition) is 3. The first-order valence-corrected chi connectivity index (χ1v) is 12.4. The van der Waals surface area contributed by atoms with Crippen molar-refractivity contribution in [3.8, 4) is 0 Å². The Bertz CT molecular complexity index is 889. The summed E-state index contributed by atoms with van der Waals surface area (Å²) in [4.78, 5) is 16.8. The number of thioether (sulfide) groups is 1. The van der Waals surface area contributed by atoms with Crippen molar-refractivity contribution in [1.29, 1.82) is 0 Å². The van der Waals surface area contributed by atoms with Crippen LogP contribution in [-0.2, 0) is 6.42 Å². The molecule has 4 rings (SSSR count). The zero-order chi connectivity index (χ0) is 21.1. The number of amides is 1. The zero-order valence-electron chi connectivity index (χ0n) is 16.7. The lowest BCUT2D eigenvalue weighted by Crippen LogP contribution is -2.36. The average Bonchev–Trinajstić information content (AvgIpc) is 3.11. The monoisotopic (exact) mass is 510 g/mol. The summed E-state index contributed by atoms with van der Waals surface area (Å²) in [5.74, 6) is 0.434. The maximum absolute atomic E-state index is 13.5. The lowest BCUT2D eigenvalue weighted by Gasteiger charge is -2.32. The van der Waals surface area contributed by atoms with Crippen molar-refractivity contribution in [1.82, 2.24) is 4.90 Å². The highest BCUT2D eigenvalue weighted by molar-refractivity contribution is 9.10. The minimum absolute atomic E-state index is 0.127. The maximum Gasteiger partial charge on any atom is 0.286 e. The van der Waals surface area contributed by atoms with Gasteiger partial charge in [-0.05, 0) is 99.3 Å². The maximum atomic E-state index is 13.5. The Labute approximate surface area is 195 Å². The highest BCUT2D eigenvalue weighted by Gasteiger charge is 2.32. The van der Waals surface area contributed by atoms with E-state index in [9.17, 15) is 9.18 Å². The number of nitrogens with zero attached hydrogens (tertiary/aromatic N) is 2. The Balaban J connectivity index is 1.22. The van der Waals surface area contributed by atoms with E-state index in [2.05, 4.69) is 20.8 Å². The second-order valence-corrected chi connectivity index (χ2v) is 10.6. The van der Waals surface area contributed by atoms with Gasteiger partial charge in [-0.2, -0.15) is 0 Å². The van der Waals surface area contributed by atoms with E-state index in [-0.39, 0.29) is 11.1 Å². The molecule has 2 fully saturated rings. The van der Waals surface area contributed by atoms with Gasteiger partial charge in [-0.3, -0.25) is 4.79 Å². The number of benzene rings is 2. The van der Waals surface area contributed by atoms with Crippen molar-refractivity contribution in [2.45, 2.75) is 30.9 Å². The first-order valence-electron chi connectivity index (χ1n) is 10.4. The molecule has 1 unspecified atom stereocenters. The van der Waals surface area contributed by atoms with Gasteiger partial charge in [-0.15, -0.1) is 0 Å². The van der Waals surface area contributed by atoms with Crippen molar-refractivity contribution < 1.29 is 9.18 Å². The number of hydrogen-bond donors (Lipinski definition) is 0. The van der Waals surface area contributed by atoms with E-state index in [1.165, 1.54) is 17.8 Å². The van der Waals surface area contributed by atoms with Crippen LogP contribution in [0.15, 0.2) is 46.9 Å². The molecule has 160 valence electrons. The fourth-order valence-corrected chi connectivity index (χ4v) is 5.83. The van der Waals surface area contributed by atoms with E-state index >= 15 is 0 Å². The molecule has 0 radical (unpaired) electrons. The van der Waals surface area contributed by atoms with Crippen LogP contribution < -0.4 is 4.90 Å². The van der Waals surface area contributed by atoms with Crippen molar-refractivity contribution >= 4 is 50.2 Å². The minimum Gasteiger partial charge on any atom is -0.303 e. The standard InChI is InChI=1S/C23H25BrClFN2OS/c24-22-6-3-19(26)14-17(22)13-16-7-10-27(11-8-16)12-9-21-15-28(23(29)30-21)20-4-1-18(25)2-5-20/h1-6,14,16,21H,7-13,15H2. The van der Waals surface area contributed by atoms with Gasteiger partial charge in [-0.1, -0.05) is 39.3 Å². The van der Waals surface area contributed by atoms with Gasteiger partial charge in [0.1, 0.15) is 5.82 Å². The fourth-order valence-electron chi connectivity index (χ4n) is 4.26. The molecule has 0 saturated carbocycles. The fraction of sp³-hybridized carbons (Fsp3) is 0.435. The van der Waals surface area contributed by atoms with Gasteiger partial charge in [0.15, 0.2) is 0 Å². The highest BCUT2D eigenvalue weighted by Crippen LogP contribution is 2.33. The summed E-state index contributed by atoms with van der Waals surface area (Å²) >= 11 is 11.0. The van der Waals surface area contributed by atoms with Crippen LogP contribution >= 0.6 is 39.3 Å².